The molecule has 0 aliphatic carbocycles. The molecule has 0 saturated carbocycles. The highest BCUT2D eigenvalue weighted by Gasteiger charge is 2.17. The first-order valence-electron chi connectivity index (χ1n) is 7.51. The number of ether oxygens (including phenoxy) is 3. The van der Waals surface area contributed by atoms with Crippen molar-refractivity contribution in [2.75, 3.05) is 13.2 Å². The molecular formula is C17H23ClO5. The monoisotopic (exact) mass is 342 g/mol. The second-order valence-electron chi connectivity index (χ2n) is 5.73. The fourth-order valence-electron chi connectivity index (χ4n) is 1.81. The lowest BCUT2D eigenvalue weighted by Crippen LogP contribution is -2.21. The van der Waals surface area contributed by atoms with Crippen LogP contribution < -0.4 is 0 Å². The molecule has 0 fully saturated rings. The summed E-state index contributed by atoms with van der Waals surface area (Å²) in [7, 11) is 0. The van der Waals surface area contributed by atoms with Crippen LogP contribution in [-0.4, -0.2) is 30.9 Å². The largest absolute Gasteiger partial charge is 0.508 e. The van der Waals surface area contributed by atoms with Gasteiger partial charge < -0.3 is 14.2 Å². The number of carbonyl (C=O) groups excluding carboxylic acids is 2. The van der Waals surface area contributed by atoms with Crippen molar-refractivity contribution < 1.29 is 23.8 Å². The quantitative estimate of drug-likeness (QED) is 0.548. The highest BCUT2D eigenvalue weighted by molar-refractivity contribution is 6.20. The summed E-state index contributed by atoms with van der Waals surface area (Å²) < 4.78 is 14.7. The van der Waals surface area contributed by atoms with Gasteiger partial charge in [-0.3, -0.25) is 0 Å². The number of alkyl halides is 1. The van der Waals surface area contributed by atoms with Crippen molar-refractivity contribution in [2.45, 2.75) is 39.7 Å². The van der Waals surface area contributed by atoms with Crippen LogP contribution in [-0.2, 0) is 14.2 Å². The summed E-state index contributed by atoms with van der Waals surface area (Å²) in [5, 5.41) is 0. The van der Waals surface area contributed by atoms with Gasteiger partial charge in [0, 0.05) is 0 Å². The minimum Gasteiger partial charge on any atom is -0.439 e. The van der Waals surface area contributed by atoms with Crippen LogP contribution >= 0.6 is 11.6 Å². The molecule has 128 valence electrons. The Labute approximate surface area is 141 Å². The normalized spacial score (nSPS) is 11.9. The van der Waals surface area contributed by atoms with E-state index in [-0.39, 0.29) is 13.2 Å². The number of aryl methyl sites for hydroxylation is 2. The van der Waals surface area contributed by atoms with Gasteiger partial charge in [-0.15, -0.1) is 0 Å². The minimum absolute atomic E-state index is 0.265. The highest BCUT2D eigenvalue weighted by atomic mass is 35.5. The maximum Gasteiger partial charge on any atom is 0.508 e. The predicted molar refractivity (Wildman–Crippen MR) is 87.7 cm³/mol. The van der Waals surface area contributed by atoms with E-state index in [2.05, 4.69) is 0 Å². The van der Waals surface area contributed by atoms with E-state index in [1.54, 1.807) is 6.07 Å². The molecule has 0 bridgehead atoms. The van der Waals surface area contributed by atoms with Gasteiger partial charge in [-0.05, 0) is 37.8 Å². The number of benzene rings is 1. The second-order valence-corrected chi connectivity index (χ2v) is 6.21. The number of hydrogen-bond donors (Lipinski definition) is 0. The van der Waals surface area contributed by atoms with E-state index in [1.165, 1.54) is 0 Å². The molecule has 0 spiro atoms. The van der Waals surface area contributed by atoms with E-state index in [0.29, 0.717) is 11.5 Å². The van der Waals surface area contributed by atoms with E-state index < -0.39 is 17.7 Å². The fourth-order valence-corrected chi connectivity index (χ4v) is 1.95. The molecular weight excluding hydrogens is 320 g/mol. The third-order valence-electron chi connectivity index (χ3n) is 3.08. The van der Waals surface area contributed by atoms with Crippen molar-refractivity contribution in [3.63, 3.8) is 0 Å². The van der Waals surface area contributed by atoms with Gasteiger partial charge in [-0.25, -0.2) is 9.59 Å². The van der Waals surface area contributed by atoms with Gasteiger partial charge in [0.25, 0.3) is 0 Å². The first-order valence-corrected chi connectivity index (χ1v) is 7.95. The van der Waals surface area contributed by atoms with Crippen LogP contribution in [0.2, 0.25) is 0 Å². The molecule has 1 aromatic carbocycles. The lowest BCUT2D eigenvalue weighted by atomic mass is 10.1. The molecule has 0 aromatic heterocycles. The molecule has 0 N–H and O–H groups in total. The number of rotatable bonds is 7. The van der Waals surface area contributed by atoms with Crippen LogP contribution in [0.3, 0.4) is 0 Å². The average molecular weight is 343 g/mol. The number of halogens is 1. The SMILES string of the molecule is Cc1ccc(C(=O)OC(Cl)COC(=O)OCCC(C)C)c(C)c1. The van der Waals surface area contributed by atoms with Crippen molar-refractivity contribution in [2.24, 2.45) is 5.92 Å². The van der Waals surface area contributed by atoms with Crippen molar-refractivity contribution in [3.05, 3.63) is 34.9 Å². The molecule has 1 rings (SSSR count). The van der Waals surface area contributed by atoms with Gasteiger partial charge in [0.05, 0.1) is 12.2 Å². The Morgan fingerprint density at radius 2 is 1.87 bits per heavy atom. The van der Waals surface area contributed by atoms with Gasteiger partial charge in [-0.2, -0.15) is 0 Å². The molecule has 6 heteroatoms. The average Bonchev–Trinajstić information content (AvgIpc) is 2.44. The molecule has 0 aliphatic heterocycles. The summed E-state index contributed by atoms with van der Waals surface area (Å²) in [4.78, 5) is 23.3. The van der Waals surface area contributed by atoms with Gasteiger partial charge in [0.2, 0.25) is 5.56 Å². The highest BCUT2D eigenvalue weighted by Crippen LogP contribution is 2.14. The van der Waals surface area contributed by atoms with E-state index in [4.69, 9.17) is 25.8 Å². The first-order chi connectivity index (χ1) is 10.8. The first kappa shape index (κ1) is 19.3. The molecule has 0 radical (unpaired) electrons. The molecule has 0 amide bonds. The Hall–Kier alpha value is -1.75. The second kappa shape index (κ2) is 9.40. The minimum atomic E-state index is -1.07. The van der Waals surface area contributed by atoms with Gasteiger partial charge in [0.1, 0.15) is 6.61 Å². The Balaban J connectivity index is 2.37. The van der Waals surface area contributed by atoms with E-state index in [0.717, 1.165) is 17.5 Å². The Morgan fingerprint density at radius 1 is 1.17 bits per heavy atom. The van der Waals surface area contributed by atoms with Crippen molar-refractivity contribution in [1.29, 1.82) is 0 Å². The zero-order valence-electron chi connectivity index (χ0n) is 13.9. The van der Waals surface area contributed by atoms with Gasteiger partial charge in [0.15, 0.2) is 0 Å². The lowest BCUT2D eigenvalue weighted by Gasteiger charge is -2.13. The Bertz CT molecular complexity index is 542. The molecule has 0 aliphatic rings. The van der Waals surface area contributed by atoms with E-state index in [1.807, 2.05) is 39.8 Å². The molecule has 1 atom stereocenters. The predicted octanol–water partition coefficient (Wildman–Crippen LogP) is 4.22. The molecule has 1 aromatic rings. The van der Waals surface area contributed by atoms with Crippen molar-refractivity contribution in [1.82, 2.24) is 0 Å². The molecule has 1 unspecified atom stereocenters. The number of hydrogen-bond acceptors (Lipinski definition) is 5. The molecule has 5 nitrogen and oxygen atoms in total. The van der Waals surface area contributed by atoms with Crippen LogP contribution in [0.4, 0.5) is 4.79 Å². The molecule has 23 heavy (non-hydrogen) atoms. The Kier molecular flexibility index (Phi) is 7.89. The lowest BCUT2D eigenvalue weighted by molar-refractivity contribution is 0.0126. The van der Waals surface area contributed by atoms with E-state index in [9.17, 15) is 9.59 Å². The maximum absolute atomic E-state index is 12.0. The van der Waals surface area contributed by atoms with Crippen LogP contribution in [0.25, 0.3) is 0 Å². The number of esters is 1. The molecule has 0 heterocycles. The van der Waals surface area contributed by atoms with Crippen LogP contribution in [0.15, 0.2) is 18.2 Å². The van der Waals surface area contributed by atoms with Crippen molar-refractivity contribution in [3.8, 4) is 0 Å². The van der Waals surface area contributed by atoms with Crippen LogP contribution in [0.1, 0.15) is 41.8 Å². The van der Waals surface area contributed by atoms with E-state index >= 15 is 0 Å². The zero-order valence-corrected chi connectivity index (χ0v) is 14.7. The summed E-state index contributed by atoms with van der Waals surface area (Å²) >= 11 is 5.86. The van der Waals surface area contributed by atoms with Crippen LogP contribution in [0.5, 0.6) is 0 Å². The maximum atomic E-state index is 12.0. The summed E-state index contributed by atoms with van der Waals surface area (Å²) in [6, 6.07) is 5.37. The van der Waals surface area contributed by atoms with Gasteiger partial charge >= 0.3 is 12.1 Å². The fraction of sp³-hybridized carbons (Fsp3) is 0.529. The summed E-state index contributed by atoms with van der Waals surface area (Å²) in [6.07, 6.45) is -0.0694. The van der Waals surface area contributed by atoms with Crippen molar-refractivity contribution >= 4 is 23.7 Å². The standard InChI is InChI=1S/C17H23ClO5/c1-11(2)7-8-21-17(20)22-10-15(18)23-16(19)14-6-5-12(3)9-13(14)4/h5-6,9,11,15H,7-8,10H2,1-4H3. The van der Waals surface area contributed by atoms with Crippen LogP contribution in [0, 0.1) is 19.8 Å². The zero-order chi connectivity index (χ0) is 17.4. The topological polar surface area (TPSA) is 61.8 Å². The number of carbonyl (C=O) groups is 2. The summed E-state index contributed by atoms with van der Waals surface area (Å²) in [5.74, 6) is -0.124. The molecule has 0 saturated heterocycles. The summed E-state index contributed by atoms with van der Waals surface area (Å²) in [6.45, 7) is 7.82. The van der Waals surface area contributed by atoms with Gasteiger partial charge in [-0.1, -0.05) is 43.1 Å². The Morgan fingerprint density at radius 3 is 2.48 bits per heavy atom. The third kappa shape index (κ3) is 7.37. The third-order valence-corrected chi connectivity index (χ3v) is 3.30. The smallest absolute Gasteiger partial charge is 0.439 e. The summed E-state index contributed by atoms with van der Waals surface area (Å²) in [5.41, 5.74) is 1.21.